The predicted octanol–water partition coefficient (Wildman–Crippen LogP) is 5.40. The number of phenolic OH excluding ortho intramolecular Hbond substituents is 1. The summed E-state index contributed by atoms with van der Waals surface area (Å²) in [4.78, 5) is 12.2. The number of hydrogen-bond donors (Lipinski definition) is 1. The first kappa shape index (κ1) is 16.2. The Morgan fingerprint density at radius 3 is 2.84 bits per heavy atom. The average molecular weight is 340 g/mol. The summed E-state index contributed by atoms with van der Waals surface area (Å²) >= 11 is 0. The lowest BCUT2D eigenvalue weighted by Gasteiger charge is -2.27. The molecule has 2 aromatic carbocycles. The molecule has 2 bridgehead atoms. The van der Waals surface area contributed by atoms with Crippen LogP contribution < -0.4 is 4.74 Å². The Kier molecular flexibility index (Phi) is 3.86. The Morgan fingerprint density at radius 2 is 2.08 bits per heavy atom. The number of rotatable bonds is 4. The highest BCUT2D eigenvalue weighted by atomic mass is 16.7. The van der Waals surface area contributed by atoms with Gasteiger partial charge in [0.1, 0.15) is 11.5 Å². The van der Waals surface area contributed by atoms with Crippen LogP contribution in [0.1, 0.15) is 63.0 Å². The van der Waals surface area contributed by atoms with E-state index in [2.05, 4.69) is 6.92 Å². The van der Waals surface area contributed by atoms with Gasteiger partial charge in [0, 0.05) is 21.9 Å². The molecule has 4 heteroatoms. The standard InChI is InChI=1S/C21H24O4/c1-3-4-11-24-20(23)25-19-15-8-6-5-7-14(15)18(22)17-16(19)13-9-10-21(17,2)12-13/h5-8,13,22H,3-4,9-12H2,1-2H3. The maximum atomic E-state index is 12.2. The van der Waals surface area contributed by atoms with Gasteiger partial charge in [-0.1, -0.05) is 44.5 Å². The van der Waals surface area contributed by atoms with Crippen LogP contribution in [0.15, 0.2) is 24.3 Å². The Morgan fingerprint density at radius 1 is 1.32 bits per heavy atom. The molecule has 0 radical (unpaired) electrons. The van der Waals surface area contributed by atoms with E-state index >= 15 is 0 Å². The molecule has 0 aromatic heterocycles. The van der Waals surface area contributed by atoms with Gasteiger partial charge in [-0.05, 0) is 37.0 Å². The van der Waals surface area contributed by atoms with Crippen molar-refractivity contribution in [3.63, 3.8) is 0 Å². The molecule has 2 aliphatic rings. The second-order valence-electron chi connectivity index (χ2n) is 7.57. The van der Waals surface area contributed by atoms with Crippen molar-refractivity contribution < 1.29 is 19.4 Å². The lowest BCUT2D eigenvalue weighted by Crippen LogP contribution is -2.18. The number of aromatic hydroxyl groups is 1. The van der Waals surface area contributed by atoms with Gasteiger partial charge in [-0.2, -0.15) is 0 Å². The van der Waals surface area contributed by atoms with E-state index in [0.29, 0.717) is 24.0 Å². The highest BCUT2D eigenvalue weighted by molar-refractivity contribution is 5.98. The van der Waals surface area contributed by atoms with Crippen molar-refractivity contribution >= 4 is 16.9 Å². The molecule has 0 aliphatic heterocycles. The van der Waals surface area contributed by atoms with E-state index in [9.17, 15) is 9.90 Å². The van der Waals surface area contributed by atoms with Gasteiger partial charge >= 0.3 is 6.16 Å². The molecular weight excluding hydrogens is 316 g/mol. The zero-order valence-corrected chi connectivity index (χ0v) is 14.8. The van der Waals surface area contributed by atoms with Crippen molar-refractivity contribution in [2.75, 3.05) is 6.61 Å². The smallest absolute Gasteiger partial charge is 0.507 e. The minimum Gasteiger partial charge on any atom is -0.507 e. The second-order valence-corrected chi connectivity index (χ2v) is 7.57. The lowest BCUT2D eigenvalue weighted by atomic mass is 9.79. The number of phenols is 1. The summed E-state index contributed by atoms with van der Waals surface area (Å²) in [7, 11) is 0. The second kappa shape index (κ2) is 5.94. The molecule has 2 unspecified atom stereocenters. The van der Waals surface area contributed by atoms with E-state index in [1.807, 2.05) is 31.2 Å². The Balaban J connectivity index is 1.82. The molecular formula is C21H24O4. The molecule has 132 valence electrons. The lowest BCUT2D eigenvalue weighted by molar-refractivity contribution is 0.0978. The maximum Gasteiger partial charge on any atom is 0.513 e. The van der Waals surface area contributed by atoms with Gasteiger partial charge in [-0.15, -0.1) is 0 Å². The number of carbonyl (C=O) groups excluding carboxylic acids is 1. The molecule has 2 aromatic rings. The van der Waals surface area contributed by atoms with Crippen molar-refractivity contribution in [2.24, 2.45) is 0 Å². The van der Waals surface area contributed by atoms with Crippen LogP contribution in [-0.4, -0.2) is 17.9 Å². The number of ether oxygens (including phenoxy) is 2. The zero-order valence-electron chi connectivity index (χ0n) is 14.8. The molecule has 1 fully saturated rings. The van der Waals surface area contributed by atoms with Crippen LogP contribution in [0, 0.1) is 0 Å². The molecule has 4 nitrogen and oxygen atoms in total. The SMILES string of the molecule is CCCCOC(=O)Oc1c2c(c(O)c3ccccc13)C1(C)CCC2C1. The highest BCUT2D eigenvalue weighted by Crippen LogP contribution is 2.63. The van der Waals surface area contributed by atoms with Crippen molar-refractivity contribution in [3.8, 4) is 11.5 Å². The first-order valence-electron chi connectivity index (χ1n) is 9.18. The molecule has 2 atom stereocenters. The van der Waals surface area contributed by atoms with Crippen molar-refractivity contribution in [2.45, 2.75) is 57.3 Å². The minimum atomic E-state index is -0.653. The maximum absolute atomic E-state index is 12.2. The normalized spacial score (nSPS) is 23.7. The van der Waals surface area contributed by atoms with Gasteiger partial charge in [0.2, 0.25) is 0 Å². The highest BCUT2D eigenvalue weighted by Gasteiger charge is 2.50. The van der Waals surface area contributed by atoms with Gasteiger partial charge in [0.05, 0.1) is 6.61 Å². The molecule has 0 spiro atoms. The summed E-state index contributed by atoms with van der Waals surface area (Å²) in [5.74, 6) is 1.27. The van der Waals surface area contributed by atoms with Crippen LogP contribution in [0.2, 0.25) is 0 Å². The van der Waals surface area contributed by atoms with Crippen LogP contribution in [0.3, 0.4) is 0 Å². The topological polar surface area (TPSA) is 55.8 Å². The number of benzene rings is 2. The number of carbonyl (C=O) groups is 1. The van der Waals surface area contributed by atoms with E-state index in [-0.39, 0.29) is 5.41 Å². The van der Waals surface area contributed by atoms with E-state index in [1.165, 1.54) is 0 Å². The summed E-state index contributed by atoms with van der Waals surface area (Å²) < 4.78 is 10.9. The van der Waals surface area contributed by atoms with Crippen LogP contribution in [0.25, 0.3) is 10.8 Å². The number of hydrogen-bond acceptors (Lipinski definition) is 4. The molecule has 0 amide bonds. The van der Waals surface area contributed by atoms with E-state index in [1.54, 1.807) is 0 Å². The fourth-order valence-electron chi connectivity index (χ4n) is 4.65. The Hall–Kier alpha value is -2.23. The third-order valence-electron chi connectivity index (χ3n) is 5.83. The predicted molar refractivity (Wildman–Crippen MR) is 96.4 cm³/mol. The molecule has 25 heavy (non-hydrogen) atoms. The zero-order chi connectivity index (χ0) is 17.6. The Bertz CT molecular complexity index is 841. The Labute approximate surface area is 147 Å². The van der Waals surface area contributed by atoms with E-state index < -0.39 is 6.16 Å². The fourth-order valence-corrected chi connectivity index (χ4v) is 4.65. The van der Waals surface area contributed by atoms with Crippen LogP contribution in [0.4, 0.5) is 4.79 Å². The quantitative estimate of drug-likeness (QED) is 0.460. The third-order valence-corrected chi connectivity index (χ3v) is 5.83. The van der Waals surface area contributed by atoms with Crippen molar-refractivity contribution in [3.05, 3.63) is 35.4 Å². The summed E-state index contributed by atoms with van der Waals surface area (Å²) in [5, 5.41) is 12.4. The fraction of sp³-hybridized carbons (Fsp3) is 0.476. The third kappa shape index (κ3) is 2.46. The van der Waals surface area contributed by atoms with Crippen LogP contribution in [0.5, 0.6) is 11.5 Å². The van der Waals surface area contributed by atoms with Gasteiger partial charge in [-0.3, -0.25) is 0 Å². The molecule has 2 aliphatic carbocycles. The van der Waals surface area contributed by atoms with Crippen LogP contribution >= 0.6 is 0 Å². The average Bonchev–Trinajstić information content (AvgIpc) is 3.13. The molecule has 1 saturated carbocycles. The number of fused-ring (bicyclic) bond motifs is 6. The summed E-state index contributed by atoms with van der Waals surface area (Å²) in [6, 6.07) is 7.58. The van der Waals surface area contributed by atoms with Crippen LogP contribution in [-0.2, 0) is 10.2 Å². The van der Waals surface area contributed by atoms with Gasteiger partial charge in [0.25, 0.3) is 0 Å². The van der Waals surface area contributed by atoms with Gasteiger partial charge in [0.15, 0.2) is 0 Å². The summed E-state index contributed by atoms with van der Waals surface area (Å²) in [5.41, 5.74) is 1.95. The first-order chi connectivity index (χ1) is 12.0. The molecule has 1 N–H and O–H groups in total. The van der Waals surface area contributed by atoms with E-state index in [0.717, 1.165) is 54.0 Å². The van der Waals surface area contributed by atoms with Crippen molar-refractivity contribution in [1.82, 2.24) is 0 Å². The summed E-state index contributed by atoms with van der Waals surface area (Å²) in [6.45, 7) is 4.62. The largest absolute Gasteiger partial charge is 0.513 e. The number of unbranched alkanes of at least 4 members (excludes halogenated alkanes) is 1. The summed E-state index contributed by atoms with van der Waals surface area (Å²) in [6.07, 6.45) is 4.28. The van der Waals surface area contributed by atoms with Gasteiger partial charge < -0.3 is 14.6 Å². The monoisotopic (exact) mass is 340 g/mol. The van der Waals surface area contributed by atoms with E-state index in [4.69, 9.17) is 9.47 Å². The van der Waals surface area contributed by atoms with Gasteiger partial charge in [-0.25, -0.2) is 4.79 Å². The molecule has 0 saturated heterocycles. The van der Waals surface area contributed by atoms with Crippen molar-refractivity contribution in [1.29, 1.82) is 0 Å². The molecule has 0 heterocycles. The minimum absolute atomic E-state index is 0.0294. The first-order valence-corrected chi connectivity index (χ1v) is 9.18. The molecule has 4 rings (SSSR count).